The molecule has 6 atom stereocenters. The van der Waals surface area contributed by atoms with E-state index in [1.54, 1.807) is 28.9 Å². The fourth-order valence-electron chi connectivity index (χ4n) is 7.10. The maximum absolute atomic E-state index is 14.5. The number of nitrogens with zero attached hydrogens (tertiary/aromatic N) is 3. The molecule has 3 aliphatic rings. The summed E-state index contributed by atoms with van der Waals surface area (Å²) in [6.45, 7) is 12.4. The van der Waals surface area contributed by atoms with Crippen molar-refractivity contribution in [3.8, 4) is 5.75 Å². The SMILES string of the molecule is C=CCN(Cc1ccccc1)C(=O)C1N([C@H](C)CO)C(=O)[C@@H]2[C@@H](C(=O)N(CC=C)c3ccc(OCC)cc3)[C@H]3CCC12O3. The van der Waals surface area contributed by atoms with Gasteiger partial charge in [0.1, 0.15) is 17.4 Å². The summed E-state index contributed by atoms with van der Waals surface area (Å²) in [6, 6.07) is 15.3. The molecule has 3 amide bonds. The van der Waals surface area contributed by atoms with Crippen molar-refractivity contribution in [2.75, 3.05) is 31.2 Å². The molecule has 2 unspecified atom stereocenters. The van der Waals surface area contributed by atoms with Crippen LogP contribution in [-0.2, 0) is 25.7 Å². The average molecular weight is 588 g/mol. The van der Waals surface area contributed by atoms with Crippen molar-refractivity contribution in [1.29, 1.82) is 0 Å². The number of fused-ring (bicyclic) bond motifs is 1. The van der Waals surface area contributed by atoms with Crippen LogP contribution in [0.15, 0.2) is 79.9 Å². The second-order valence-corrected chi connectivity index (χ2v) is 11.5. The van der Waals surface area contributed by atoms with Crippen LogP contribution in [-0.4, -0.2) is 82.7 Å². The molecule has 0 aliphatic carbocycles. The van der Waals surface area contributed by atoms with E-state index in [-0.39, 0.29) is 37.4 Å². The van der Waals surface area contributed by atoms with E-state index in [9.17, 15) is 19.5 Å². The van der Waals surface area contributed by atoms with Crippen molar-refractivity contribution >= 4 is 23.4 Å². The zero-order valence-corrected chi connectivity index (χ0v) is 24.9. The molecule has 2 bridgehead atoms. The normalized spacial score (nSPS) is 26.1. The summed E-state index contributed by atoms with van der Waals surface area (Å²) >= 11 is 0. The largest absolute Gasteiger partial charge is 0.494 e. The van der Waals surface area contributed by atoms with Gasteiger partial charge in [0.25, 0.3) is 0 Å². The monoisotopic (exact) mass is 587 g/mol. The van der Waals surface area contributed by atoms with Crippen LogP contribution in [0.5, 0.6) is 5.75 Å². The van der Waals surface area contributed by atoms with Gasteiger partial charge >= 0.3 is 0 Å². The summed E-state index contributed by atoms with van der Waals surface area (Å²) in [6.07, 6.45) is 3.84. The van der Waals surface area contributed by atoms with Gasteiger partial charge in [-0.05, 0) is 56.5 Å². The molecule has 1 spiro atoms. The van der Waals surface area contributed by atoms with Gasteiger partial charge in [0.05, 0.1) is 37.2 Å². The average Bonchev–Trinajstić information content (AvgIpc) is 3.67. The Bertz CT molecular complexity index is 1350. The smallest absolute Gasteiger partial charge is 0.249 e. The van der Waals surface area contributed by atoms with Crippen molar-refractivity contribution < 1.29 is 29.0 Å². The first kappa shape index (κ1) is 30.5. The maximum atomic E-state index is 14.5. The summed E-state index contributed by atoms with van der Waals surface area (Å²) in [5.41, 5.74) is 0.430. The van der Waals surface area contributed by atoms with E-state index in [2.05, 4.69) is 13.2 Å². The van der Waals surface area contributed by atoms with Crippen LogP contribution >= 0.6 is 0 Å². The number of carbonyl (C=O) groups is 3. The molecule has 43 heavy (non-hydrogen) atoms. The van der Waals surface area contributed by atoms with Gasteiger partial charge in [-0.25, -0.2) is 0 Å². The highest BCUT2D eigenvalue weighted by molar-refractivity contribution is 6.03. The predicted molar refractivity (Wildman–Crippen MR) is 163 cm³/mol. The van der Waals surface area contributed by atoms with E-state index in [1.165, 1.54) is 4.90 Å². The number of rotatable bonds is 13. The first-order valence-corrected chi connectivity index (χ1v) is 15.0. The Kier molecular flexibility index (Phi) is 9.03. The minimum absolute atomic E-state index is 0.243. The molecule has 1 N–H and O–H groups in total. The first-order chi connectivity index (χ1) is 20.8. The predicted octanol–water partition coefficient (Wildman–Crippen LogP) is 3.57. The van der Waals surface area contributed by atoms with Gasteiger partial charge in [-0.1, -0.05) is 42.5 Å². The molecule has 0 radical (unpaired) electrons. The van der Waals surface area contributed by atoms with Crippen molar-refractivity contribution in [1.82, 2.24) is 9.80 Å². The number of benzene rings is 2. The van der Waals surface area contributed by atoms with E-state index in [1.807, 2.05) is 61.5 Å². The lowest BCUT2D eigenvalue weighted by molar-refractivity contribution is -0.150. The molecular weight excluding hydrogens is 546 g/mol. The Balaban J connectivity index is 1.51. The van der Waals surface area contributed by atoms with Gasteiger partial charge in [0.2, 0.25) is 17.7 Å². The molecule has 228 valence electrons. The minimum atomic E-state index is -1.17. The maximum Gasteiger partial charge on any atom is 0.249 e. The second kappa shape index (κ2) is 12.7. The van der Waals surface area contributed by atoms with Crippen LogP contribution < -0.4 is 9.64 Å². The molecule has 9 heteroatoms. The molecule has 5 rings (SSSR count). The molecular formula is C34H41N3O6. The molecule has 3 fully saturated rings. The summed E-state index contributed by atoms with van der Waals surface area (Å²) in [7, 11) is 0. The lowest BCUT2D eigenvalue weighted by Crippen LogP contribution is -2.58. The molecule has 2 aromatic rings. The third kappa shape index (κ3) is 5.36. The van der Waals surface area contributed by atoms with Crippen molar-refractivity contribution in [2.45, 2.75) is 57.0 Å². The minimum Gasteiger partial charge on any atom is -0.494 e. The van der Waals surface area contributed by atoms with E-state index in [4.69, 9.17) is 9.47 Å². The second-order valence-electron chi connectivity index (χ2n) is 11.5. The van der Waals surface area contributed by atoms with E-state index < -0.39 is 35.6 Å². The number of amides is 3. The number of hydrogen-bond donors (Lipinski definition) is 1. The first-order valence-electron chi connectivity index (χ1n) is 15.0. The van der Waals surface area contributed by atoms with Crippen LogP contribution in [0.4, 0.5) is 5.69 Å². The summed E-state index contributed by atoms with van der Waals surface area (Å²) < 4.78 is 12.2. The highest BCUT2D eigenvalue weighted by Gasteiger charge is 2.75. The molecule has 9 nitrogen and oxygen atoms in total. The number of carbonyl (C=O) groups excluding carboxylic acids is 3. The van der Waals surface area contributed by atoms with Crippen molar-refractivity contribution in [3.63, 3.8) is 0 Å². The number of likely N-dealkylation sites (tertiary alicyclic amines) is 1. The Morgan fingerprint density at radius 1 is 1.12 bits per heavy atom. The molecule has 2 aromatic carbocycles. The lowest BCUT2D eigenvalue weighted by Gasteiger charge is -2.38. The molecule has 0 saturated carbocycles. The third-order valence-electron chi connectivity index (χ3n) is 8.91. The van der Waals surface area contributed by atoms with Gasteiger partial charge in [0, 0.05) is 25.3 Å². The number of ether oxygens (including phenoxy) is 2. The van der Waals surface area contributed by atoms with Gasteiger partial charge in [0.15, 0.2) is 0 Å². The van der Waals surface area contributed by atoms with Gasteiger partial charge in [-0.15, -0.1) is 13.2 Å². The quantitative estimate of drug-likeness (QED) is 0.360. The Hall–Kier alpha value is -3.95. The molecule has 3 aliphatic heterocycles. The highest BCUT2D eigenvalue weighted by atomic mass is 16.5. The van der Waals surface area contributed by atoms with E-state index >= 15 is 0 Å². The van der Waals surface area contributed by atoms with Gasteiger partial charge in [-0.3, -0.25) is 14.4 Å². The van der Waals surface area contributed by atoms with Crippen LogP contribution in [0, 0.1) is 11.8 Å². The molecule has 0 aromatic heterocycles. The number of hydrogen-bond acceptors (Lipinski definition) is 6. The fraction of sp³-hybridized carbons (Fsp3) is 0.441. The Morgan fingerprint density at radius 3 is 2.44 bits per heavy atom. The van der Waals surface area contributed by atoms with Crippen LogP contribution in [0.2, 0.25) is 0 Å². The standard InChI is InChI=1S/C34H41N3O6/c1-5-19-35(21-24-11-9-8-10-12-24)33(41)30-34-18-17-27(43-34)28(29(34)32(40)37(30)23(4)22-38)31(39)36(20-6-2)25-13-15-26(16-14-25)42-7-3/h5-6,8-16,23,27-30,38H,1-2,7,17-22H2,3-4H3/t23-,27-,28+,29+,30?,34?/m1/s1. The topological polar surface area (TPSA) is 99.6 Å². The Morgan fingerprint density at radius 2 is 1.81 bits per heavy atom. The lowest BCUT2D eigenvalue weighted by atomic mass is 9.70. The third-order valence-corrected chi connectivity index (χ3v) is 8.91. The van der Waals surface area contributed by atoms with Gasteiger partial charge < -0.3 is 29.3 Å². The summed E-state index contributed by atoms with van der Waals surface area (Å²) in [5.74, 6) is -1.78. The summed E-state index contributed by atoms with van der Waals surface area (Å²) in [5, 5.41) is 10.2. The van der Waals surface area contributed by atoms with Crippen molar-refractivity contribution in [3.05, 3.63) is 85.5 Å². The molecule has 3 saturated heterocycles. The highest BCUT2D eigenvalue weighted by Crippen LogP contribution is 2.59. The van der Waals surface area contributed by atoms with E-state index in [0.717, 1.165) is 5.56 Å². The summed E-state index contributed by atoms with van der Waals surface area (Å²) in [4.78, 5) is 47.9. The number of anilines is 1. The van der Waals surface area contributed by atoms with Crippen LogP contribution in [0.3, 0.4) is 0 Å². The zero-order valence-electron chi connectivity index (χ0n) is 24.9. The van der Waals surface area contributed by atoms with Crippen LogP contribution in [0.1, 0.15) is 32.3 Å². The van der Waals surface area contributed by atoms with Crippen molar-refractivity contribution in [2.24, 2.45) is 11.8 Å². The van der Waals surface area contributed by atoms with Gasteiger partial charge in [-0.2, -0.15) is 0 Å². The number of aliphatic hydroxyl groups is 1. The fourth-order valence-corrected chi connectivity index (χ4v) is 7.10. The number of aliphatic hydroxyl groups excluding tert-OH is 1. The van der Waals surface area contributed by atoms with E-state index in [0.29, 0.717) is 37.4 Å². The van der Waals surface area contributed by atoms with Crippen LogP contribution in [0.25, 0.3) is 0 Å². The Labute approximate surface area is 253 Å². The molecule has 3 heterocycles. The zero-order chi connectivity index (χ0) is 30.7.